The van der Waals surface area contributed by atoms with Gasteiger partial charge in [0.1, 0.15) is 6.04 Å². The Morgan fingerprint density at radius 1 is 1.47 bits per heavy atom. The maximum Gasteiger partial charge on any atom is 0.245 e. The van der Waals surface area contributed by atoms with Crippen LogP contribution < -0.4 is 0 Å². The predicted molar refractivity (Wildman–Crippen MR) is 67.5 cm³/mol. The quantitative estimate of drug-likeness (QED) is 0.529. The molecule has 2 fully saturated rings. The molecule has 0 aromatic carbocycles. The largest absolute Gasteiger partial charge is 0.331 e. The molecule has 1 atom stereocenters. The van der Waals surface area contributed by atoms with Crippen molar-refractivity contribution < 1.29 is 9.59 Å². The van der Waals surface area contributed by atoms with Crippen LogP contribution in [0, 0.1) is 12.3 Å². The third-order valence-corrected chi connectivity index (χ3v) is 4.03. The van der Waals surface area contributed by atoms with Gasteiger partial charge in [0.2, 0.25) is 11.8 Å². The average molecular weight is 252 g/mol. The molecule has 0 aromatic heterocycles. The monoisotopic (exact) mass is 252 g/mol. The number of nitrogens with zero attached hydrogens (tertiary/aromatic N) is 2. The molecule has 2 aliphatic rings. The number of fused-ring (bicyclic) bond motifs is 1. The van der Waals surface area contributed by atoms with E-state index in [-0.39, 0.29) is 24.4 Å². The zero-order chi connectivity index (χ0) is 12.3. The Labute approximate surface area is 106 Å². The van der Waals surface area contributed by atoms with Crippen molar-refractivity contribution in [3.05, 3.63) is 0 Å². The van der Waals surface area contributed by atoms with Gasteiger partial charge in [0.15, 0.2) is 0 Å². The molecular weight excluding hydrogens is 236 g/mol. The minimum Gasteiger partial charge on any atom is -0.331 e. The highest BCUT2D eigenvalue weighted by Crippen LogP contribution is 2.23. The highest BCUT2D eigenvalue weighted by Gasteiger charge is 2.41. The smallest absolute Gasteiger partial charge is 0.245 e. The Bertz CT molecular complexity index is 364. The first-order chi connectivity index (χ1) is 8.24. The highest BCUT2D eigenvalue weighted by molar-refractivity contribution is 7.99. The molecule has 2 amide bonds. The van der Waals surface area contributed by atoms with Gasteiger partial charge in [0.25, 0.3) is 0 Å². The van der Waals surface area contributed by atoms with Gasteiger partial charge in [-0.05, 0) is 12.8 Å². The molecule has 17 heavy (non-hydrogen) atoms. The van der Waals surface area contributed by atoms with E-state index in [1.54, 1.807) is 21.6 Å². The standard InChI is InChI=1S/C12H16N2O2S/c1-2-7-17-8-6-13-9-11(15)14-5-3-4-10(14)12(13)16/h1,10H,3-9H2. The van der Waals surface area contributed by atoms with Gasteiger partial charge in [-0.3, -0.25) is 9.59 Å². The molecule has 0 spiro atoms. The van der Waals surface area contributed by atoms with Crippen molar-refractivity contribution in [3.8, 4) is 12.3 Å². The number of terminal acetylenes is 1. The van der Waals surface area contributed by atoms with Crippen LogP contribution in [0.25, 0.3) is 0 Å². The molecule has 0 saturated carbocycles. The first kappa shape index (κ1) is 12.3. The Morgan fingerprint density at radius 2 is 2.29 bits per heavy atom. The fraction of sp³-hybridized carbons (Fsp3) is 0.667. The highest BCUT2D eigenvalue weighted by atomic mass is 32.2. The van der Waals surface area contributed by atoms with Crippen molar-refractivity contribution in [2.45, 2.75) is 18.9 Å². The molecule has 5 heteroatoms. The third-order valence-electron chi connectivity index (χ3n) is 3.19. The normalized spacial score (nSPS) is 23.8. The van der Waals surface area contributed by atoms with Crippen molar-refractivity contribution in [2.75, 3.05) is 31.1 Å². The van der Waals surface area contributed by atoms with E-state index < -0.39 is 0 Å². The lowest BCUT2D eigenvalue weighted by atomic mass is 10.1. The average Bonchev–Trinajstić information content (AvgIpc) is 2.80. The summed E-state index contributed by atoms with van der Waals surface area (Å²) in [4.78, 5) is 27.3. The maximum atomic E-state index is 12.1. The van der Waals surface area contributed by atoms with E-state index in [2.05, 4.69) is 5.92 Å². The molecule has 4 nitrogen and oxygen atoms in total. The Kier molecular flexibility index (Phi) is 3.95. The summed E-state index contributed by atoms with van der Waals surface area (Å²) < 4.78 is 0. The summed E-state index contributed by atoms with van der Waals surface area (Å²) in [5.74, 6) is 4.21. The molecular formula is C12H16N2O2S. The van der Waals surface area contributed by atoms with Gasteiger partial charge < -0.3 is 9.80 Å². The molecule has 0 radical (unpaired) electrons. The molecule has 92 valence electrons. The molecule has 2 aliphatic heterocycles. The van der Waals surface area contributed by atoms with Gasteiger partial charge in [-0.1, -0.05) is 5.92 Å². The second-order valence-electron chi connectivity index (χ2n) is 4.26. The first-order valence-electron chi connectivity index (χ1n) is 5.83. The zero-order valence-corrected chi connectivity index (χ0v) is 10.5. The number of carbonyl (C=O) groups excluding carboxylic acids is 2. The molecule has 0 bridgehead atoms. The van der Waals surface area contributed by atoms with E-state index in [0.29, 0.717) is 12.3 Å². The number of piperazine rings is 1. The number of rotatable bonds is 4. The third kappa shape index (κ3) is 2.58. The van der Waals surface area contributed by atoms with E-state index in [1.165, 1.54) is 0 Å². The van der Waals surface area contributed by atoms with Crippen LogP contribution in [0.15, 0.2) is 0 Å². The SMILES string of the molecule is C#CCSCCN1CC(=O)N2CCCC2C1=O. The zero-order valence-electron chi connectivity index (χ0n) is 9.72. The summed E-state index contributed by atoms with van der Waals surface area (Å²) in [5, 5.41) is 0. The van der Waals surface area contributed by atoms with Gasteiger partial charge in [0.05, 0.1) is 12.3 Å². The van der Waals surface area contributed by atoms with E-state index >= 15 is 0 Å². The summed E-state index contributed by atoms with van der Waals surface area (Å²) in [5.41, 5.74) is 0. The fourth-order valence-corrected chi connectivity index (χ4v) is 2.97. The maximum absolute atomic E-state index is 12.1. The Morgan fingerprint density at radius 3 is 3.06 bits per heavy atom. The minimum absolute atomic E-state index is 0.0917. The van der Waals surface area contributed by atoms with Crippen LogP contribution in [-0.4, -0.2) is 58.8 Å². The molecule has 1 unspecified atom stereocenters. The van der Waals surface area contributed by atoms with Crippen LogP contribution in [0.3, 0.4) is 0 Å². The van der Waals surface area contributed by atoms with Crippen LogP contribution in [0.2, 0.25) is 0 Å². The van der Waals surface area contributed by atoms with E-state index in [4.69, 9.17) is 6.42 Å². The van der Waals surface area contributed by atoms with Crippen LogP contribution in [0.1, 0.15) is 12.8 Å². The number of hydrogen-bond donors (Lipinski definition) is 0. The lowest BCUT2D eigenvalue weighted by Gasteiger charge is -2.36. The summed E-state index contributed by atoms with van der Waals surface area (Å²) >= 11 is 1.62. The van der Waals surface area contributed by atoms with E-state index in [0.717, 1.165) is 25.1 Å². The number of hydrogen-bond acceptors (Lipinski definition) is 3. The Balaban J connectivity index is 1.89. The van der Waals surface area contributed by atoms with Gasteiger partial charge in [0, 0.05) is 18.8 Å². The number of carbonyl (C=O) groups is 2. The molecule has 2 saturated heterocycles. The topological polar surface area (TPSA) is 40.6 Å². The molecule has 0 aromatic rings. The second kappa shape index (κ2) is 5.46. The fourth-order valence-electron chi connectivity index (χ4n) is 2.36. The molecule has 2 rings (SSSR count). The van der Waals surface area contributed by atoms with Crippen molar-refractivity contribution in [1.82, 2.24) is 9.80 Å². The van der Waals surface area contributed by atoms with Crippen molar-refractivity contribution in [1.29, 1.82) is 0 Å². The van der Waals surface area contributed by atoms with Gasteiger partial charge in [-0.25, -0.2) is 0 Å². The first-order valence-corrected chi connectivity index (χ1v) is 6.99. The predicted octanol–water partition coefficient (Wildman–Crippen LogP) is 0.186. The van der Waals surface area contributed by atoms with Crippen molar-refractivity contribution in [3.63, 3.8) is 0 Å². The van der Waals surface area contributed by atoms with Crippen molar-refractivity contribution in [2.24, 2.45) is 0 Å². The number of amides is 2. The van der Waals surface area contributed by atoms with E-state index in [9.17, 15) is 9.59 Å². The number of thioether (sulfide) groups is 1. The molecule has 0 aliphatic carbocycles. The van der Waals surface area contributed by atoms with Crippen LogP contribution in [0.5, 0.6) is 0 Å². The lowest BCUT2D eigenvalue weighted by Crippen LogP contribution is -2.57. The van der Waals surface area contributed by atoms with Crippen LogP contribution >= 0.6 is 11.8 Å². The molecule has 0 N–H and O–H groups in total. The van der Waals surface area contributed by atoms with Crippen LogP contribution in [0.4, 0.5) is 0 Å². The summed E-state index contributed by atoms with van der Waals surface area (Å²) in [6, 6.07) is -0.186. The summed E-state index contributed by atoms with van der Waals surface area (Å²) in [6.07, 6.45) is 6.92. The summed E-state index contributed by atoms with van der Waals surface area (Å²) in [7, 11) is 0. The van der Waals surface area contributed by atoms with Gasteiger partial charge in [-0.2, -0.15) is 0 Å². The van der Waals surface area contributed by atoms with E-state index in [1.807, 2.05) is 0 Å². The van der Waals surface area contributed by atoms with Gasteiger partial charge >= 0.3 is 0 Å². The van der Waals surface area contributed by atoms with Crippen LogP contribution in [-0.2, 0) is 9.59 Å². The second-order valence-corrected chi connectivity index (χ2v) is 5.37. The Hall–Kier alpha value is -1.15. The van der Waals surface area contributed by atoms with Crippen molar-refractivity contribution >= 4 is 23.6 Å². The van der Waals surface area contributed by atoms with Gasteiger partial charge in [-0.15, -0.1) is 18.2 Å². The molecule has 2 heterocycles. The minimum atomic E-state index is -0.186. The lowest BCUT2D eigenvalue weighted by molar-refractivity contribution is -0.153. The summed E-state index contributed by atoms with van der Waals surface area (Å²) in [6.45, 7) is 1.61.